The zero-order valence-corrected chi connectivity index (χ0v) is 20.5. The van der Waals surface area contributed by atoms with Gasteiger partial charge < -0.3 is 13.6 Å². The second kappa shape index (κ2) is 20.5. The Bertz CT molecular complexity index is 878. The van der Waals surface area contributed by atoms with Crippen molar-refractivity contribution >= 4 is 8.60 Å². The molecule has 0 fully saturated rings. The molecule has 0 spiro atoms. The Hall–Kier alpha value is -3.10. The summed E-state index contributed by atoms with van der Waals surface area (Å²) in [5.74, 6) is 2.77. The Balaban J connectivity index is 0.000000766. The maximum absolute atomic E-state index is 7.50. The number of allylic oxidation sites excluding steroid dienone is 4. The van der Waals surface area contributed by atoms with Crippen LogP contribution in [-0.2, 0) is 26.5 Å². The molecule has 174 valence electrons. The van der Waals surface area contributed by atoms with Crippen LogP contribution in [0.4, 0.5) is 0 Å². The summed E-state index contributed by atoms with van der Waals surface area (Å²) < 4.78 is 32.3. The predicted molar refractivity (Wildman–Crippen MR) is 126 cm³/mol. The summed E-state index contributed by atoms with van der Waals surface area (Å²) in [6.07, 6.45) is 10.5. The Morgan fingerprint density at radius 2 is 1.00 bits per heavy atom. The second-order valence-electron chi connectivity index (χ2n) is 6.26. The van der Waals surface area contributed by atoms with Crippen LogP contribution < -0.4 is 13.6 Å². The SMILES string of the molecule is C[C@@H]1[CH]C=CC=C1.N#[O+].[C-]#[O+].[Mn].c1ccc(OP(Oc2ccccc2)Oc2ccccc2)cc1. The molecular weight excluding hydrogens is 492 g/mol. The van der Waals surface area contributed by atoms with Crippen LogP contribution in [0.3, 0.4) is 0 Å². The quantitative estimate of drug-likeness (QED) is 0.149. The van der Waals surface area contributed by atoms with Crippen LogP contribution in [0.25, 0.3) is 0 Å². The molecule has 6 nitrogen and oxygen atoms in total. The van der Waals surface area contributed by atoms with Crippen molar-refractivity contribution in [2.45, 2.75) is 6.92 Å². The molecule has 0 heterocycles. The van der Waals surface area contributed by atoms with E-state index in [1.54, 1.807) is 0 Å². The molecule has 3 aromatic rings. The molecule has 1 atom stereocenters. The molecule has 2 radical (unpaired) electrons. The molecular formula is C26H24MnNO5P+. The molecule has 1 aliphatic rings. The summed E-state index contributed by atoms with van der Waals surface area (Å²) in [6.45, 7) is 6.67. The fraction of sp³-hybridized carbons (Fsp3) is 0.0769. The minimum atomic E-state index is -1.59. The average molecular weight is 516 g/mol. The van der Waals surface area contributed by atoms with Crippen LogP contribution in [0.15, 0.2) is 115 Å². The van der Waals surface area contributed by atoms with Crippen molar-refractivity contribution in [2.24, 2.45) is 5.92 Å². The van der Waals surface area contributed by atoms with Gasteiger partial charge in [0.15, 0.2) is 0 Å². The molecule has 0 bridgehead atoms. The largest absolute Gasteiger partial charge is 0.530 e. The monoisotopic (exact) mass is 516 g/mol. The van der Waals surface area contributed by atoms with E-state index < -0.39 is 8.60 Å². The molecule has 0 saturated carbocycles. The van der Waals surface area contributed by atoms with Crippen LogP contribution in [0.2, 0.25) is 0 Å². The standard InChI is InChI=1S/C18H15O3P.C7H9.CO.Mn.NO/c1-4-10-16(11-5-1)19-22(20-17-12-6-2-7-13-17)21-18-14-8-3-9-15-18;1-7-5-3-2-4-6-7;1-2;;1-2/h1-15H;2-7H,1H3;;;/q;;;;+1. The van der Waals surface area contributed by atoms with Gasteiger partial charge in [0.05, 0.1) is 0 Å². The van der Waals surface area contributed by atoms with Crippen molar-refractivity contribution in [1.29, 1.82) is 5.46 Å². The summed E-state index contributed by atoms with van der Waals surface area (Å²) in [7, 11) is -1.59. The third kappa shape index (κ3) is 13.4. The summed E-state index contributed by atoms with van der Waals surface area (Å²) >= 11 is 0. The topological polar surface area (TPSA) is 91.3 Å². The van der Waals surface area contributed by atoms with E-state index in [9.17, 15) is 0 Å². The second-order valence-corrected chi connectivity index (χ2v) is 7.25. The van der Waals surface area contributed by atoms with Crippen LogP contribution in [0.1, 0.15) is 6.92 Å². The summed E-state index contributed by atoms with van der Waals surface area (Å²) in [4.78, 5) is 0. The number of hydrogen-bond acceptors (Lipinski definition) is 4. The Morgan fingerprint density at radius 3 is 1.24 bits per heavy atom. The summed E-state index contributed by atoms with van der Waals surface area (Å²) in [6, 6.07) is 28.5. The van der Waals surface area contributed by atoms with Crippen LogP contribution in [0, 0.1) is 24.5 Å². The smallest absolute Gasteiger partial charge is 0.409 e. The van der Waals surface area contributed by atoms with Crippen LogP contribution in [-0.4, -0.2) is 0 Å². The van der Waals surface area contributed by atoms with Crippen molar-refractivity contribution in [3.8, 4) is 17.2 Å². The average Bonchev–Trinajstić information content (AvgIpc) is 2.89. The van der Waals surface area contributed by atoms with Crippen LogP contribution >= 0.6 is 8.60 Å². The Morgan fingerprint density at radius 1 is 0.647 bits per heavy atom. The Kier molecular flexibility index (Phi) is 18.6. The van der Waals surface area contributed by atoms with Crippen molar-refractivity contribution in [1.82, 2.24) is 0 Å². The third-order valence-corrected chi connectivity index (χ3v) is 4.90. The summed E-state index contributed by atoms with van der Waals surface area (Å²) in [5, 5.41) is 0. The minimum absolute atomic E-state index is 0. The molecule has 0 amide bonds. The number of hydrogen-bond donors (Lipinski definition) is 0. The first kappa shape index (κ1) is 30.9. The molecule has 0 saturated heterocycles. The van der Waals surface area contributed by atoms with Crippen molar-refractivity contribution in [2.75, 3.05) is 0 Å². The molecule has 8 heteroatoms. The molecule has 4 rings (SSSR count). The molecule has 0 aromatic heterocycles. The van der Waals surface area contributed by atoms with Crippen molar-refractivity contribution in [3.05, 3.63) is 128 Å². The van der Waals surface area contributed by atoms with Gasteiger partial charge in [0.2, 0.25) is 0 Å². The first-order chi connectivity index (χ1) is 16.3. The van der Waals surface area contributed by atoms with Gasteiger partial charge in [-0.3, -0.25) is 0 Å². The molecule has 0 aliphatic heterocycles. The number of nitrogens with zero attached hydrogens (tertiary/aromatic N) is 1. The molecule has 0 unspecified atom stereocenters. The van der Waals surface area contributed by atoms with Crippen molar-refractivity contribution < 1.29 is 40.1 Å². The van der Waals surface area contributed by atoms with E-state index in [0.29, 0.717) is 23.2 Å². The molecule has 0 N–H and O–H groups in total. The van der Waals surface area contributed by atoms with E-state index in [2.05, 4.69) is 38.2 Å². The van der Waals surface area contributed by atoms with E-state index in [4.69, 9.17) is 28.5 Å². The van der Waals surface area contributed by atoms with E-state index in [0.717, 1.165) is 0 Å². The van der Waals surface area contributed by atoms with E-state index in [1.807, 2.05) is 97.1 Å². The summed E-state index contributed by atoms with van der Waals surface area (Å²) in [5.41, 5.74) is 5.75. The van der Waals surface area contributed by atoms with Gasteiger partial charge in [-0.1, -0.05) is 85.8 Å². The van der Waals surface area contributed by atoms with Crippen molar-refractivity contribution in [3.63, 3.8) is 0 Å². The fourth-order valence-corrected chi connectivity index (χ4v) is 3.36. The van der Waals surface area contributed by atoms with Gasteiger partial charge in [-0.05, 0) is 48.7 Å². The minimum Gasteiger partial charge on any atom is -0.409 e. The number of benzene rings is 3. The maximum atomic E-state index is 7.50. The maximum Gasteiger partial charge on any atom is 0.530 e. The molecule has 3 aromatic carbocycles. The van der Waals surface area contributed by atoms with Gasteiger partial charge in [-0.2, -0.15) is 0 Å². The van der Waals surface area contributed by atoms with Gasteiger partial charge in [0.1, 0.15) is 17.2 Å². The fourth-order valence-electron chi connectivity index (χ4n) is 2.37. The Labute approximate surface area is 212 Å². The number of para-hydroxylation sites is 3. The van der Waals surface area contributed by atoms with Gasteiger partial charge in [-0.15, -0.1) is 0 Å². The van der Waals surface area contributed by atoms with E-state index >= 15 is 0 Å². The number of rotatable bonds is 6. The van der Waals surface area contributed by atoms with Gasteiger partial charge >= 0.3 is 30.1 Å². The predicted octanol–water partition coefficient (Wildman–Crippen LogP) is 7.26. The molecule has 34 heavy (non-hydrogen) atoms. The zero-order chi connectivity index (χ0) is 24.2. The van der Waals surface area contributed by atoms with Crippen LogP contribution in [0.5, 0.6) is 17.2 Å². The third-order valence-electron chi connectivity index (χ3n) is 3.82. The first-order valence-corrected chi connectivity index (χ1v) is 11.0. The van der Waals surface area contributed by atoms with Gasteiger partial charge in [0.25, 0.3) is 0 Å². The van der Waals surface area contributed by atoms with Gasteiger partial charge in [-0.25, -0.2) is 0 Å². The van der Waals surface area contributed by atoms with E-state index in [-0.39, 0.29) is 17.1 Å². The zero-order valence-electron chi connectivity index (χ0n) is 18.4. The molecule has 1 aliphatic carbocycles. The van der Waals surface area contributed by atoms with Gasteiger partial charge in [0, 0.05) is 17.1 Å². The normalized spacial score (nSPS) is 12.6. The first-order valence-electron chi connectivity index (χ1n) is 9.86. The van der Waals surface area contributed by atoms with E-state index in [1.165, 1.54) is 0 Å².